The molecule has 0 bridgehead atoms. The summed E-state index contributed by atoms with van der Waals surface area (Å²) in [4.78, 5) is 44.2. The van der Waals surface area contributed by atoms with Crippen molar-refractivity contribution >= 4 is 28.2 Å². The summed E-state index contributed by atoms with van der Waals surface area (Å²) >= 11 is 0. The van der Waals surface area contributed by atoms with E-state index in [2.05, 4.69) is 16.8 Å². The molecule has 0 unspecified atom stereocenters. The molecule has 0 spiro atoms. The van der Waals surface area contributed by atoms with Gasteiger partial charge < -0.3 is 15.5 Å². The van der Waals surface area contributed by atoms with Crippen LogP contribution < -0.4 is 16.2 Å². The van der Waals surface area contributed by atoms with E-state index in [1.165, 1.54) is 0 Å². The number of carbonyl (C=O) groups is 2. The van der Waals surface area contributed by atoms with E-state index in [4.69, 9.17) is 5.73 Å². The number of carbonyl (C=O) groups excluding carboxylic acids is 2. The van der Waals surface area contributed by atoms with Crippen molar-refractivity contribution in [2.45, 2.75) is 0 Å². The van der Waals surface area contributed by atoms with Gasteiger partial charge in [0, 0.05) is 53.8 Å². The van der Waals surface area contributed by atoms with Crippen molar-refractivity contribution in [2.75, 3.05) is 38.1 Å². The van der Waals surface area contributed by atoms with Gasteiger partial charge >= 0.3 is 0 Å². The highest BCUT2D eigenvalue weighted by Gasteiger charge is 2.33. The quantitative estimate of drug-likeness (QED) is 0.443. The summed E-state index contributed by atoms with van der Waals surface area (Å²) in [6.07, 6.45) is 0. The molecule has 2 N–H and O–H groups in total. The Hall–Kier alpha value is -4.23. The predicted molar refractivity (Wildman–Crippen MR) is 137 cm³/mol. The van der Waals surface area contributed by atoms with Crippen LogP contribution in [0.15, 0.2) is 71.5 Å². The monoisotopic (exact) mass is 464 g/mol. The number of nitrogens with zero attached hydrogens (tertiary/aromatic N) is 3. The van der Waals surface area contributed by atoms with Gasteiger partial charge in [0.25, 0.3) is 11.5 Å². The standard InChI is InChI=1S/C28H24N4O3/c1-30-12-14-31(15-13-30)23-11-10-17(16-22(23)27(29)34)32-25-19-7-3-4-8-20(19)26(33)24(25)18-6-2-5-9-21(18)28(32)35/h2-11,16H,12-15H2,1H3,(H2,29,34). The van der Waals surface area contributed by atoms with Crippen molar-refractivity contribution in [1.82, 2.24) is 9.47 Å². The van der Waals surface area contributed by atoms with Crippen LogP contribution in [0.3, 0.4) is 0 Å². The van der Waals surface area contributed by atoms with Gasteiger partial charge in [-0.05, 0) is 31.3 Å². The zero-order valence-corrected chi connectivity index (χ0v) is 19.3. The third-order valence-corrected chi connectivity index (χ3v) is 7.09. The Kier molecular flexibility index (Phi) is 4.82. The van der Waals surface area contributed by atoms with Gasteiger partial charge in [-0.15, -0.1) is 0 Å². The number of primary amides is 1. The molecule has 1 amide bonds. The molecule has 0 saturated carbocycles. The number of fused-ring (bicyclic) bond motifs is 5. The molecule has 3 aromatic carbocycles. The van der Waals surface area contributed by atoms with Gasteiger partial charge in [-0.1, -0.05) is 42.5 Å². The smallest absolute Gasteiger partial charge is 0.263 e. The summed E-state index contributed by atoms with van der Waals surface area (Å²) in [6, 6.07) is 19.9. The molecule has 1 aliphatic carbocycles. The van der Waals surface area contributed by atoms with Crippen molar-refractivity contribution in [3.05, 3.63) is 93.8 Å². The number of benzene rings is 3. The molecule has 7 nitrogen and oxygen atoms in total. The first-order valence-electron chi connectivity index (χ1n) is 11.7. The number of hydrogen-bond donors (Lipinski definition) is 1. The molecule has 0 atom stereocenters. The maximum Gasteiger partial charge on any atom is 0.263 e. The number of ketones is 1. The van der Waals surface area contributed by atoms with Gasteiger partial charge in [0.1, 0.15) is 0 Å². The Morgan fingerprint density at radius 3 is 2.20 bits per heavy atom. The molecule has 1 fully saturated rings. The zero-order chi connectivity index (χ0) is 24.3. The third kappa shape index (κ3) is 3.19. The van der Waals surface area contributed by atoms with Gasteiger partial charge in [0.15, 0.2) is 5.78 Å². The molecule has 6 rings (SSSR count). The van der Waals surface area contributed by atoms with Crippen LogP contribution in [-0.4, -0.2) is 54.4 Å². The molecule has 7 heteroatoms. The summed E-state index contributed by atoms with van der Waals surface area (Å²) < 4.78 is 1.56. The predicted octanol–water partition coefficient (Wildman–Crippen LogP) is 3.05. The fourth-order valence-electron chi connectivity index (χ4n) is 5.29. The highest BCUT2D eigenvalue weighted by Crippen LogP contribution is 2.40. The topological polar surface area (TPSA) is 88.6 Å². The van der Waals surface area contributed by atoms with Crippen molar-refractivity contribution < 1.29 is 9.59 Å². The maximum absolute atomic E-state index is 13.8. The lowest BCUT2D eigenvalue weighted by Gasteiger charge is -2.35. The van der Waals surface area contributed by atoms with E-state index in [-0.39, 0.29) is 11.3 Å². The zero-order valence-electron chi connectivity index (χ0n) is 19.3. The minimum Gasteiger partial charge on any atom is -0.368 e. The molecular weight excluding hydrogens is 440 g/mol. The van der Waals surface area contributed by atoms with Gasteiger partial charge in [-0.25, -0.2) is 0 Å². The number of rotatable bonds is 3. The van der Waals surface area contributed by atoms with Crippen LogP contribution in [0.1, 0.15) is 26.3 Å². The van der Waals surface area contributed by atoms with E-state index in [0.717, 1.165) is 31.9 Å². The molecule has 4 aromatic rings. The molecule has 35 heavy (non-hydrogen) atoms. The molecular formula is C28H24N4O3. The average Bonchev–Trinajstić information content (AvgIpc) is 3.17. The average molecular weight is 465 g/mol. The fraction of sp³-hybridized carbons (Fsp3) is 0.179. The Balaban J connectivity index is 1.63. The SMILES string of the molecule is CN1CCN(c2ccc(-n3c4c(c5ccccc5c3=O)C(=O)c3ccccc3-4)cc2C(N)=O)CC1. The van der Waals surface area contributed by atoms with E-state index in [1.54, 1.807) is 28.8 Å². The Morgan fingerprint density at radius 1 is 0.829 bits per heavy atom. The highest BCUT2D eigenvalue weighted by atomic mass is 16.1. The Morgan fingerprint density at radius 2 is 1.49 bits per heavy atom. The van der Waals surface area contributed by atoms with Crippen molar-refractivity contribution in [3.8, 4) is 16.9 Å². The summed E-state index contributed by atoms with van der Waals surface area (Å²) in [5.41, 5.74) is 9.53. The first-order chi connectivity index (χ1) is 17.0. The Labute approximate surface area is 202 Å². The molecule has 2 aliphatic rings. The van der Waals surface area contributed by atoms with Crippen molar-refractivity contribution in [3.63, 3.8) is 0 Å². The first-order valence-corrected chi connectivity index (χ1v) is 11.7. The second-order valence-electron chi connectivity index (χ2n) is 9.14. The minimum absolute atomic E-state index is 0.107. The second-order valence-corrected chi connectivity index (χ2v) is 9.14. The molecule has 2 heterocycles. The van der Waals surface area contributed by atoms with Gasteiger partial charge in [-0.3, -0.25) is 19.0 Å². The third-order valence-electron chi connectivity index (χ3n) is 7.09. The molecule has 1 aromatic heterocycles. The summed E-state index contributed by atoms with van der Waals surface area (Å²) in [7, 11) is 2.07. The summed E-state index contributed by atoms with van der Waals surface area (Å²) in [6.45, 7) is 3.33. The maximum atomic E-state index is 13.8. The van der Waals surface area contributed by atoms with Gasteiger partial charge in [-0.2, -0.15) is 0 Å². The Bertz CT molecular complexity index is 1600. The number of piperazine rings is 1. The van der Waals surface area contributed by atoms with E-state index in [9.17, 15) is 14.4 Å². The first kappa shape index (κ1) is 21.3. The fourth-order valence-corrected chi connectivity index (χ4v) is 5.29. The van der Waals surface area contributed by atoms with E-state index in [0.29, 0.717) is 44.4 Å². The second kappa shape index (κ2) is 7.92. The lowest BCUT2D eigenvalue weighted by molar-refractivity contribution is 0.0999. The van der Waals surface area contributed by atoms with Crippen LogP contribution in [0.5, 0.6) is 0 Å². The number of pyridine rings is 1. The van der Waals surface area contributed by atoms with E-state index < -0.39 is 5.91 Å². The van der Waals surface area contributed by atoms with Crippen LogP contribution >= 0.6 is 0 Å². The summed E-state index contributed by atoms with van der Waals surface area (Å²) in [5, 5.41) is 1.09. The lowest BCUT2D eigenvalue weighted by atomic mass is 10.0. The van der Waals surface area contributed by atoms with Gasteiger partial charge in [0.05, 0.1) is 22.5 Å². The summed E-state index contributed by atoms with van der Waals surface area (Å²) in [5.74, 6) is -0.660. The number of nitrogens with two attached hydrogens (primary N) is 1. The van der Waals surface area contributed by atoms with Crippen LogP contribution in [0, 0.1) is 0 Å². The molecule has 1 saturated heterocycles. The number of hydrogen-bond acceptors (Lipinski definition) is 5. The number of amides is 1. The van der Waals surface area contributed by atoms with E-state index in [1.807, 2.05) is 42.5 Å². The van der Waals surface area contributed by atoms with Crippen molar-refractivity contribution in [2.24, 2.45) is 5.73 Å². The number of likely N-dealkylation sites (N-methyl/N-ethyl adjacent to an activating group) is 1. The van der Waals surface area contributed by atoms with Crippen LogP contribution in [0.2, 0.25) is 0 Å². The van der Waals surface area contributed by atoms with Crippen LogP contribution in [0.4, 0.5) is 5.69 Å². The molecule has 1 aliphatic heterocycles. The number of aromatic nitrogens is 1. The minimum atomic E-state index is -0.553. The largest absolute Gasteiger partial charge is 0.368 e. The molecule has 0 radical (unpaired) electrons. The highest BCUT2D eigenvalue weighted by molar-refractivity contribution is 6.26. The number of anilines is 1. The van der Waals surface area contributed by atoms with Crippen LogP contribution in [0.25, 0.3) is 27.7 Å². The normalized spacial score (nSPS) is 15.3. The lowest BCUT2D eigenvalue weighted by Crippen LogP contribution is -2.45. The van der Waals surface area contributed by atoms with Crippen LogP contribution in [-0.2, 0) is 0 Å². The van der Waals surface area contributed by atoms with Gasteiger partial charge in [0.2, 0.25) is 0 Å². The van der Waals surface area contributed by atoms with E-state index >= 15 is 0 Å². The molecule has 174 valence electrons. The van der Waals surface area contributed by atoms with Crippen molar-refractivity contribution in [1.29, 1.82) is 0 Å².